The minimum absolute atomic E-state index is 0.0470. The van der Waals surface area contributed by atoms with Crippen LogP contribution in [0.25, 0.3) is 0 Å². The van der Waals surface area contributed by atoms with Crippen molar-refractivity contribution in [3.05, 3.63) is 66.0 Å². The average molecular weight is 245 g/mol. The van der Waals surface area contributed by atoms with Crippen molar-refractivity contribution in [3.8, 4) is 5.75 Å². The Bertz CT molecular complexity index is 487. The van der Waals surface area contributed by atoms with E-state index in [-0.39, 0.29) is 17.6 Å². The van der Waals surface area contributed by atoms with Gasteiger partial charge in [0.25, 0.3) is 0 Å². The molecule has 1 N–H and O–H groups in total. The number of benzene rings is 2. The highest BCUT2D eigenvalue weighted by molar-refractivity contribution is 5.24. The molecule has 0 aliphatic rings. The SMILES string of the molecule is CNC(COc1ccccc1F)c1ccccc1. The maximum Gasteiger partial charge on any atom is 0.165 e. The summed E-state index contributed by atoms with van der Waals surface area (Å²) < 4.78 is 18.9. The zero-order valence-corrected chi connectivity index (χ0v) is 10.3. The molecule has 2 nitrogen and oxygen atoms in total. The van der Waals surface area contributed by atoms with E-state index in [1.165, 1.54) is 6.07 Å². The number of hydrogen-bond acceptors (Lipinski definition) is 2. The van der Waals surface area contributed by atoms with Crippen LogP contribution >= 0.6 is 0 Å². The van der Waals surface area contributed by atoms with Crippen molar-refractivity contribution in [1.82, 2.24) is 5.32 Å². The van der Waals surface area contributed by atoms with E-state index in [1.807, 2.05) is 37.4 Å². The number of hydrogen-bond donors (Lipinski definition) is 1. The van der Waals surface area contributed by atoms with Crippen molar-refractivity contribution < 1.29 is 9.13 Å². The molecule has 2 aromatic rings. The molecule has 0 aliphatic heterocycles. The van der Waals surface area contributed by atoms with E-state index in [0.29, 0.717) is 6.61 Å². The second-order valence-electron chi connectivity index (χ2n) is 3.99. The summed E-state index contributed by atoms with van der Waals surface area (Å²) in [5, 5.41) is 3.16. The van der Waals surface area contributed by atoms with Gasteiger partial charge >= 0.3 is 0 Å². The quantitative estimate of drug-likeness (QED) is 0.873. The minimum atomic E-state index is -0.333. The fraction of sp³-hybridized carbons (Fsp3) is 0.200. The standard InChI is InChI=1S/C15H16FNO/c1-17-14(12-7-3-2-4-8-12)11-18-15-10-6-5-9-13(15)16/h2-10,14,17H,11H2,1H3. The minimum Gasteiger partial charge on any atom is -0.489 e. The number of halogens is 1. The highest BCUT2D eigenvalue weighted by Crippen LogP contribution is 2.18. The smallest absolute Gasteiger partial charge is 0.165 e. The van der Waals surface area contributed by atoms with Crippen molar-refractivity contribution in [2.45, 2.75) is 6.04 Å². The Morgan fingerprint density at radius 2 is 1.72 bits per heavy atom. The van der Waals surface area contributed by atoms with E-state index in [2.05, 4.69) is 5.32 Å². The summed E-state index contributed by atoms with van der Waals surface area (Å²) in [7, 11) is 1.86. The summed E-state index contributed by atoms with van der Waals surface area (Å²) in [5.41, 5.74) is 1.12. The van der Waals surface area contributed by atoms with Crippen LogP contribution in [0, 0.1) is 5.82 Å². The lowest BCUT2D eigenvalue weighted by Gasteiger charge is -2.17. The molecule has 0 amide bonds. The van der Waals surface area contributed by atoms with Crippen LogP contribution < -0.4 is 10.1 Å². The van der Waals surface area contributed by atoms with Gasteiger partial charge in [0, 0.05) is 0 Å². The van der Waals surface area contributed by atoms with Crippen molar-refractivity contribution in [3.63, 3.8) is 0 Å². The molecule has 0 saturated heterocycles. The number of rotatable bonds is 5. The van der Waals surface area contributed by atoms with Gasteiger partial charge in [-0.25, -0.2) is 4.39 Å². The van der Waals surface area contributed by atoms with Gasteiger partial charge in [0.05, 0.1) is 6.04 Å². The first kappa shape index (κ1) is 12.6. The zero-order valence-electron chi connectivity index (χ0n) is 10.3. The Hall–Kier alpha value is -1.87. The molecule has 18 heavy (non-hydrogen) atoms. The van der Waals surface area contributed by atoms with Gasteiger partial charge < -0.3 is 10.1 Å². The first-order valence-corrected chi connectivity index (χ1v) is 5.91. The van der Waals surface area contributed by atoms with E-state index >= 15 is 0 Å². The predicted molar refractivity (Wildman–Crippen MR) is 70.1 cm³/mol. The fourth-order valence-corrected chi connectivity index (χ4v) is 1.77. The zero-order chi connectivity index (χ0) is 12.8. The van der Waals surface area contributed by atoms with Crippen LogP contribution in [0.2, 0.25) is 0 Å². The Balaban J connectivity index is 2.02. The Morgan fingerprint density at radius 3 is 2.39 bits per heavy atom. The lowest BCUT2D eigenvalue weighted by molar-refractivity contribution is 0.261. The maximum absolute atomic E-state index is 13.4. The number of nitrogens with one attached hydrogen (secondary N) is 1. The first-order chi connectivity index (χ1) is 8.81. The Kier molecular flexibility index (Phi) is 4.31. The third-order valence-electron chi connectivity index (χ3n) is 2.79. The average Bonchev–Trinajstić information content (AvgIpc) is 2.42. The van der Waals surface area contributed by atoms with Crippen molar-refractivity contribution in [2.24, 2.45) is 0 Å². The van der Waals surface area contributed by atoms with Crippen LogP contribution in [0.5, 0.6) is 5.75 Å². The molecule has 3 heteroatoms. The van der Waals surface area contributed by atoms with Crippen molar-refractivity contribution >= 4 is 0 Å². The molecule has 1 atom stereocenters. The number of ether oxygens (including phenoxy) is 1. The molecule has 0 fully saturated rings. The van der Waals surface area contributed by atoms with E-state index in [4.69, 9.17) is 4.74 Å². The molecule has 0 saturated carbocycles. The molecular weight excluding hydrogens is 229 g/mol. The van der Waals surface area contributed by atoms with E-state index in [9.17, 15) is 4.39 Å². The van der Waals surface area contributed by atoms with Crippen molar-refractivity contribution in [2.75, 3.05) is 13.7 Å². The van der Waals surface area contributed by atoms with Gasteiger partial charge in [-0.2, -0.15) is 0 Å². The third kappa shape index (κ3) is 3.08. The molecule has 0 heterocycles. The molecule has 0 spiro atoms. The lowest BCUT2D eigenvalue weighted by atomic mass is 10.1. The second-order valence-corrected chi connectivity index (χ2v) is 3.99. The second kappa shape index (κ2) is 6.17. The summed E-state index contributed by atoms with van der Waals surface area (Å²) in [6, 6.07) is 16.4. The number of likely N-dealkylation sites (N-methyl/N-ethyl adjacent to an activating group) is 1. The molecule has 0 aromatic heterocycles. The highest BCUT2D eigenvalue weighted by atomic mass is 19.1. The van der Waals surface area contributed by atoms with E-state index in [0.717, 1.165) is 5.56 Å². The summed E-state index contributed by atoms with van der Waals surface area (Å²) in [4.78, 5) is 0. The van der Waals surface area contributed by atoms with Gasteiger partial charge in [0.15, 0.2) is 11.6 Å². The van der Waals surface area contributed by atoms with Crippen LogP contribution in [-0.4, -0.2) is 13.7 Å². The normalized spacial score (nSPS) is 12.1. The Morgan fingerprint density at radius 1 is 1.06 bits per heavy atom. The van der Waals surface area contributed by atoms with Gasteiger partial charge in [0.1, 0.15) is 6.61 Å². The van der Waals surface area contributed by atoms with Crippen LogP contribution in [0.1, 0.15) is 11.6 Å². The summed E-state index contributed by atoms with van der Waals surface area (Å²) >= 11 is 0. The number of para-hydroxylation sites is 1. The van der Waals surface area contributed by atoms with E-state index in [1.54, 1.807) is 18.2 Å². The van der Waals surface area contributed by atoms with Gasteiger partial charge in [0.2, 0.25) is 0 Å². The molecule has 0 aliphatic carbocycles. The molecule has 94 valence electrons. The Labute approximate surface area is 106 Å². The van der Waals surface area contributed by atoms with Gasteiger partial charge in [-0.3, -0.25) is 0 Å². The molecule has 2 rings (SSSR count). The topological polar surface area (TPSA) is 21.3 Å². The molecule has 0 radical (unpaired) electrons. The molecular formula is C15H16FNO. The lowest BCUT2D eigenvalue weighted by Crippen LogP contribution is -2.23. The first-order valence-electron chi connectivity index (χ1n) is 5.91. The fourth-order valence-electron chi connectivity index (χ4n) is 1.77. The summed E-state index contributed by atoms with van der Waals surface area (Å²) in [6.07, 6.45) is 0. The highest BCUT2D eigenvalue weighted by Gasteiger charge is 2.10. The predicted octanol–water partition coefficient (Wildman–Crippen LogP) is 3.17. The van der Waals surface area contributed by atoms with Crippen LogP contribution in [-0.2, 0) is 0 Å². The van der Waals surface area contributed by atoms with Gasteiger partial charge in [-0.05, 0) is 24.7 Å². The van der Waals surface area contributed by atoms with Gasteiger partial charge in [-0.1, -0.05) is 42.5 Å². The van der Waals surface area contributed by atoms with Crippen molar-refractivity contribution in [1.29, 1.82) is 0 Å². The largest absolute Gasteiger partial charge is 0.489 e. The van der Waals surface area contributed by atoms with Crippen LogP contribution in [0.4, 0.5) is 4.39 Å². The maximum atomic E-state index is 13.4. The third-order valence-corrected chi connectivity index (χ3v) is 2.79. The molecule has 2 aromatic carbocycles. The summed E-state index contributed by atoms with van der Waals surface area (Å²) in [6.45, 7) is 0.390. The molecule has 1 unspecified atom stereocenters. The van der Waals surface area contributed by atoms with Crippen LogP contribution in [0.15, 0.2) is 54.6 Å². The monoisotopic (exact) mass is 245 g/mol. The van der Waals surface area contributed by atoms with Gasteiger partial charge in [-0.15, -0.1) is 0 Å². The van der Waals surface area contributed by atoms with Crippen LogP contribution in [0.3, 0.4) is 0 Å². The molecule has 0 bridgehead atoms. The van der Waals surface area contributed by atoms with E-state index < -0.39 is 0 Å². The summed E-state index contributed by atoms with van der Waals surface area (Å²) in [5.74, 6) is -0.0471.